The van der Waals surface area contributed by atoms with Crippen molar-refractivity contribution in [3.05, 3.63) is 0 Å². The maximum Gasteiger partial charge on any atom is 0.326 e. The van der Waals surface area contributed by atoms with Gasteiger partial charge in [-0.1, -0.05) is 13.3 Å². The van der Waals surface area contributed by atoms with Gasteiger partial charge in [0, 0.05) is 26.1 Å². The van der Waals surface area contributed by atoms with Gasteiger partial charge in [0.05, 0.1) is 6.61 Å². The van der Waals surface area contributed by atoms with Crippen LogP contribution < -0.4 is 5.32 Å². The normalized spacial score (nSPS) is 20.6. The molecule has 1 aliphatic heterocycles. The van der Waals surface area contributed by atoms with Crippen LogP contribution in [0.4, 0.5) is 4.79 Å². The van der Waals surface area contributed by atoms with Gasteiger partial charge in [0.1, 0.15) is 6.04 Å². The van der Waals surface area contributed by atoms with Crippen LogP contribution in [0.2, 0.25) is 0 Å². The van der Waals surface area contributed by atoms with Gasteiger partial charge in [0.15, 0.2) is 0 Å². The average Bonchev–Trinajstić information content (AvgIpc) is 2.39. The third kappa shape index (κ3) is 5.46. The number of hydrogen-bond donors (Lipinski definition) is 2. The molecule has 1 unspecified atom stereocenters. The summed E-state index contributed by atoms with van der Waals surface area (Å²) in [5.41, 5.74) is 0. The van der Waals surface area contributed by atoms with E-state index in [2.05, 4.69) is 5.32 Å². The SMILES string of the molecule is CCC[C@H](NC(=O)N(C)CC1CCCOC1)C(=O)O. The monoisotopic (exact) mass is 272 g/mol. The Morgan fingerprint density at radius 1 is 1.53 bits per heavy atom. The van der Waals surface area contributed by atoms with E-state index in [4.69, 9.17) is 9.84 Å². The molecule has 0 radical (unpaired) electrons. The second-order valence-corrected chi connectivity index (χ2v) is 5.09. The van der Waals surface area contributed by atoms with E-state index in [9.17, 15) is 9.59 Å². The van der Waals surface area contributed by atoms with E-state index in [-0.39, 0.29) is 6.03 Å². The topological polar surface area (TPSA) is 78.9 Å². The lowest BCUT2D eigenvalue weighted by molar-refractivity contribution is -0.139. The Bertz CT molecular complexity index is 303. The minimum absolute atomic E-state index is 0.327. The molecule has 1 saturated heterocycles. The molecule has 1 fully saturated rings. The van der Waals surface area contributed by atoms with E-state index in [1.165, 1.54) is 0 Å². The molecule has 0 aromatic carbocycles. The van der Waals surface area contributed by atoms with Crippen LogP contribution in [0, 0.1) is 5.92 Å². The van der Waals surface area contributed by atoms with E-state index < -0.39 is 12.0 Å². The summed E-state index contributed by atoms with van der Waals surface area (Å²) >= 11 is 0. The highest BCUT2D eigenvalue weighted by atomic mass is 16.5. The Kier molecular flexibility index (Phi) is 6.62. The molecule has 0 aliphatic carbocycles. The van der Waals surface area contributed by atoms with Crippen LogP contribution in [0.5, 0.6) is 0 Å². The molecule has 19 heavy (non-hydrogen) atoms. The number of nitrogens with one attached hydrogen (secondary N) is 1. The van der Waals surface area contributed by atoms with Gasteiger partial charge < -0.3 is 20.1 Å². The second-order valence-electron chi connectivity index (χ2n) is 5.09. The van der Waals surface area contributed by atoms with Crippen molar-refractivity contribution in [2.24, 2.45) is 5.92 Å². The fraction of sp³-hybridized carbons (Fsp3) is 0.846. The molecule has 2 amide bonds. The Labute approximate surface area is 114 Å². The Hall–Kier alpha value is -1.30. The van der Waals surface area contributed by atoms with Gasteiger partial charge in [-0.05, 0) is 19.3 Å². The number of nitrogens with zero attached hydrogens (tertiary/aromatic N) is 1. The van der Waals surface area contributed by atoms with Crippen molar-refractivity contribution in [2.45, 2.75) is 38.6 Å². The quantitative estimate of drug-likeness (QED) is 0.764. The second kappa shape index (κ2) is 7.99. The molecule has 1 heterocycles. The molecule has 6 heteroatoms. The summed E-state index contributed by atoms with van der Waals surface area (Å²) in [6.45, 7) is 3.97. The molecular formula is C13H24N2O4. The van der Waals surface area contributed by atoms with Crippen LogP contribution >= 0.6 is 0 Å². The number of hydrogen-bond acceptors (Lipinski definition) is 3. The van der Waals surface area contributed by atoms with Gasteiger partial charge in [-0.2, -0.15) is 0 Å². The van der Waals surface area contributed by atoms with Gasteiger partial charge in [0.25, 0.3) is 0 Å². The number of aliphatic carboxylic acids is 1. The number of ether oxygens (including phenoxy) is 1. The Morgan fingerprint density at radius 3 is 2.79 bits per heavy atom. The fourth-order valence-electron chi connectivity index (χ4n) is 2.23. The van der Waals surface area contributed by atoms with Gasteiger partial charge in [0.2, 0.25) is 0 Å². The predicted molar refractivity (Wildman–Crippen MR) is 71.0 cm³/mol. The molecule has 0 aromatic rings. The molecule has 0 bridgehead atoms. The highest BCUT2D eigenvalue weighted by molar-refractivity contribution is 5.82. The van der Waals surface area contributed by atoms with Crippen LogP contribution in [0.25, 0.3) is 0 Å². The number of rotatable bonds is 6. The maximum absolute atomic E-state index is 11.9. The van der Waals surface area contributed by atoms with Gasteiger partial charge in [-0.3, -0.25) is 0 Å². The standard InChI is InChI=1S/C13H24N2O4/c1-3-5-11(12(16)17)14-13(18)15(2)8-10-6-4-7-19-9-10/h10-11H,3-9H2,1-2H3,(H,14,18)(H,16,17)/t10?,11-/m0/s1. The largest absolute Gasteiger partial charge is 0.480 e. The average molecular weight is 272 g/mol. The lowest BCUT2D eigenvalue weighted by Crippen LogP contribution is -2.48. The van der Waals surface area contributed by atoms with Crippen LogP contribution in [0.1, 0.15) is 32.6 Å². The summed E-state index contributed by atoms with van der Waals surface area (Å²) < 4.78 is 5.37. The summed E-state index contributed by atoms with van der Waals surface area (Å²) in [5.74, 6) is -0.636. The van der Waals surface area contributed by atoms with E-state index in [1.807, 2.05) is 6.92 Å². The first-order chi connectivity index (χ1) is 9.04. The smallest absolute Gasteiger partial charge is 0.326 e. The van der Waals surface area contributed by atoms with Crippen molar-refractivity contribution < 1.29 is 19.4 Å². The zero-order valence-corrected chi connectivity index (χ0v) is 11.7. The zero-order valence-electron chi connectivity index (χ0n) is 11.7. The highest BCUT2D eigenvalue weighted by Crippen LogP contribution is 2.14. The number of carbonyl (C=O) groups excluding carboxylic acids is 1. The molecule has 2 atom stereocenters. The summed E-state index contributed by atoms with van der Waals surface area (Å²) in [5, 5.41) is 11.6. The molecule has 2 N–H and O–H groups in total. The predicted octanol–water partition coefficient (Wildman–Crippen LogP) is 1.31. The van der Waals surface area contributed by atoms with E-state index in [0.29, 0.717) is 25.5 Å². The van der Waals surface area contributed by atoms with Crippen molar-refractivity contribution in [1.82, 2.24) is 10.2 Å². The molecular weight excluding hydrogens is 248 g/mol. The minimum Gasteiger partial charge on any atom is -0.480 e. The molecule has 0 aromatic heterocycles. The van der Waals surface area contributed by atoms with E-state index in [0.717, 1.165) is 25.9 Å². The minimum atomic E-state index is -0.982. The molecule has 1 aliphatic rings. The number of carboxylic acid groups (broad SMARTS) is 1. The van der Waals surface area contributed by atoms with Gasteiger partial charge in [-0.15, -0.1) is 0 Å². The van der Waals surface area contributed by atoms with Crippen LogP contribution in [-0.2, 0) is 9.53 Å². The van der Waals surface area contributed by atoms with Crippen molar-refractivity contribution in [3.8, 4) is 0 Å². The van der Waals surface area contributed by atoms with E-state index >= 15 is 0 Å². The van der Waals surface area contributed by atoms with Crippen LogP contribution in [0.3, 0.4) is 0 Å². The third-order valence-corrected chi connectivity index (χ3v) is 3.31. The highest BCUT2D eigenvalue weighted by Gasteiger charge is 2.23. The number of urea groups is 1. The maximum atomic E-state index is 11.9. The van der Waals surface area contributed by atoms with Gasteiger partial charge >= 0.3 is 12.0 Å². The fourth-order valence-corrected chi connectivity index (χ4v) is 2.23. The Balaban J connectivity index is 2.39. The molecule has 0 spiro atoms. The van der Waals surface area contributed by atoms with Crippen LogP contribution in [-0.4, -0.2) is 54.9 Å². The van der Waals surface area contributed by atoms with Crippen molar-refractivity contribution in [1.29, 1.82) is 0 Å². The number of carbonyl (C=O) groups is 2. The van der Waals surface area contributed by atoms with Crippen molar-refractivity contribution >= 4 is 12.0 Å². The molecule has 6 nitrogen and oxygen atoms in total. The Morgan fingerprint density at radius 2 is 2.26 bits per heavy atom. The van der Waals surface area contributed by atoms with Gasteiger partial charge in [-0.25, -0.2) is 9.59 Å². The lowest BCUT2D eigenvalue weighted by Gasteiger charge is -2.28. The number of amides is 2. The first-order valence-electron chi connectivity index (χ1n) is 6.86. The first kappa shape index (κ1) is 15.8. The summed E-state index contributed by atoms with van der Waals surface area (Å²) in [7, 11) is 1.69. The molecule has 0 saturated carbocycles. The van der Waals surface area contributed by atoms with Crippen molar-refractivity contribution in [2.75, 3.05) is 26.8 Å². The summed E-state index contributed by atoms with van der Waals surface area (Å²) in [6, 6.07) is -1.13. The third-order valence-electron chi connectivity index (χ3n) is 3.31. The lowest BCUT2D eigenvalue weighted by atomic mass is 10.0. The first-order valence-corrected chi connectivity index (χ1v) is 6.86. The zero-order chi connectivity index (χ0) is 14.3. The summed E-state index contributed by atoms with van der Waals surface area (Å²) in [4.78, 5) is 24.4. The van der Waals surface area contributed by atoms with Crippen molar-refractivity contribution in [3.63, 3.8) is 0 Å². The summed E-state index contributed by atoms with van der Waals surface area (Å²) in [6.07, 6.45) is 3.24. The van der Waals surface area contributed by atoms with Crippen LogP contribution in [0.15, 0.2) is 0 Å². The molecule has 110 valence electrons. The number of carboxylic acids is 1. The van der Waals surface area contributed by atoms with E-state index in [1.54, 1.807) is 11.9 Å². The molecule has 1 rings (SSSR count).